The van der Waals surface area contributed by atoms with Crippen LogP contribution >= 0.6 is 11.8 Å². The molecule has 1 aliphatic rings. The number of morpholine rings is 1. The van der Waals surface area contributed by atoms with E-state index in [-0.39, 0.29) is 6.61 Å². The molecule has 1 N–H and O–H groups in total. The first-order chi connectivity index (χ1) is 16.0. The van der Waals surface area contributed by atoms with Crippen molar-refractivity contribution in [2.75, 3.05) is 53.0 Å². The molecule has 0 saturated carbocycles. The Morgan fingerprint density at radius 2 is 1.53 bits per heavy atom. The van der Waals surface area contributed by atoms with Gasteiger partial charge in [0, 0.05) is 33.5 Å². The number of ether oxygens (including phenoxy) is 6. The van der Waals surface area contributed by atoms with Crippen molar-refractivity contribution in [3.63, 3.8) is 0 Å². The quantitative estimate of drug-likeness (QED) is 0.173. The minimum atomic E-state index is -1.33. The first kappa shape index (κ1) is 29.5. The van der Waals surface area contributed by atoms with E-state index in [1.807, 2.05) is 0 Å². The molecular formula is C20H32N2O11S. The first-order valence-corrected chi connectivity index (χ1v) is 11.4. The van der Waals surface area contributed by atoms with Crippen molar-refractivity contribution >= 4 is 41.1 Å². The molecule has 0 aromatic carbocycles. The van der Waals surface area contributed by atoms with E-state index >= 15 is 0 Å². The Kier molecular flexibility index (Phi) is 13.3. The van der Waals surface area contributed by atoms with Crippen LogP contribution in [0.5, 0.6) is 0 Å². The van der Waals surface area contributed by atoms with Crippen LogP contribution < -0.4 is 5.32 Å². The Morgan fingerprint density at radius 1 is 0.941 bits per heavy atom. The highest BCUT2D eigenvalue weighted by atomic mass is 32.2. The van der Waals surface area contributed by atoms with Gasteiger partial charge in [-0.15, -0.1) is 0 Å². The molecule has 1 aliphatic heterocycles. The topological polar surface area (TPSA) is 156 Å². The Bertz CT molecular complexity index is 711. The zero-order valence-corrected chi connectivity index (χ0v) is 20.6. The zero-order valence-electron chi connectivity index (χ0n) is 19.8. The standard InChI is InChI=1S/C20H32N2O11S/c1-14(23)30-12-32-18(26)21-16(20(3,4)34-19(27)33-13-31-15(2)24)17(25)29-9-5-6-22-7-10-28-11-8-22/h16H,5-13H2,1-4H3,(H,21,26)/t16-/m0/s1. The van der Waals surface area contributed by atoms with Crippen LogP contribution in [-0.2, 0) is 42.8 Å². The van der Waals surface area contributed by atoms with Crippen LogP contribution in [0.1, 0.15) is 34.1 Å². The highest BCUT2D eigenvalue weighted by Gasteiger charge is 2.41. The molecule has 14 heteroatoms. The number of carbonyl (C=O) groups is 5. The maximum atomic E-state index is 12.8. The van der Waals surface area contributed by atoms with Crippen LogP contribution in [0.15, 0.2) is 0 Å². The Balaban J connectivity index is 2.69. The van der Waals surface area contributed by atoms with Gasteiger partial charge in [-0.3, -0.25) is 14.5 Å². The summed E-state index contributed by atoms with van der Waals surface area (Å²) in [6, 6.07) is -1.33. The maximum Gasteiger partial charge on any atom is 0.410 e. The number of nitrogens with one attached hydrogen (secondary N) is 1. The molecule has 1 heterocycles. The van der Waals surface area contributed by atoms with Gasteiger partial charge in [0.15, 0.2) is 0 Å². The fraction of sp³-hybridized carbons (Fsp3) is 0.750. The molecule has 0 aliphatic carbocycles. The van der Waals surface area contributed by atoms with E-state index in [0.29, 0.717) is 37.9 Å². The second kappa shape index (κ2) is 15.3. The molecule has 0 spiro atoms. The number of thioether (sulfide) groups is 1. The number of amides is 1. The molecule has 0 aromatic rings. The molecule has 0 aromatic heterocycles. The molecule has 1 rings (SSSR count). The van der Waals surface area contributed by atoms with Gasteiger partial charge >= 0.3 is 29.3 Å². The summed E-state index contributed by atoms with van der Waals surface area (Å²) in [4.78, 5) is 60.8. The molecule has 194 valence electrons. The molecule has 0 radical (unpaired) electrons. The number of nitrogens with zero attached hydrogens (tertiary/aromatic N) is 1. The van der Waals surface area contributed by atoms with E-state index < -0.39 is 53.7 Å². The Morgan fingerprint density at radius 3 is 2.12 bits per heavy atom. The number of hydrogen-bond acceptors (Lipinski definition) is 13. The minimum Gasteiger partial charge on any atom is -0.464 e. The number of alkyl carbamates (subject to hydrolysis) is 1. The van der Waals surface area contributed by atoms with Crippen LogP contribution in [0, 0.1) is 0 Å². The lowest BCUT2D eigenvalue weighted by Gasteiger charge is -2.31. The van der Waals surface area contributed by atoms with Gasteiger partial charge in [0.05, 0.1) is 24.6 Å². The molecule has 34 heavy (non-hydrogen) atoms. The zero-order chi connectivity index (χ0) is 25.6. The average Bonchev–Trinajstić information content (AvgIpc) is 2.74. The van der Waals surface area contributed by atoms with Crippen LogP contribution in [0.4, 0.5) is 9.59 Å². The van der Waals surface area contributed by atoms with E-state index in [2.05, 4.69) is 19.7 Å². The van der Waals surface area contributed by atoms with Crippen molar-refractivity contribution in [1.82, 2.24) is 10.2 Å². The van der Waals surface area contributed by atoms with Crippen molar-refractivity contribution in [1.29, 1.82) is 0 Å². The van der Waals surface area contributed by atoms with Gasteiger partial charge in [0.25, 0.3) is 0 Å². The molecule has 1 amide bonds. The predicted octanol–water partition coefficient (Wildman–Crippen LogP) is 1.04. The third-order valence-electron chi connectivity index (χ3n) is 4.40. The second-order valence-electron chi connectivity index (χ2n) is 7.59. The van der Waals surface area contributed by atoms with E-state index in [9.17, 15) is 24.0 Å². The Labute approximate surface area is 202 Å². The average molecular weight is 509 g/mol. The fourth-order valence-corrected chi connectivity index (χ4v) is 3.48. The largest absolute Gasteiger partial charge is 0.464 e. The molecule has 1 atom stereocenters. The second-order valence-corrected chi connectivity index (χ2v) is 9.18. The smallest absolute Gasteiger partial charge is 0.410 e. The lowest BCUT2D eigenvalue weighted by Crippen LogP contribution is -2.54. The summed E-state index contributed by atoms with van der Waals surface area (Å²) in [6.07, 6.45) is -0.494. The van der Waals surface area contributed by atoms with Crippen molar-refractivity contribution in [3.8, 4) is 0 Å². The molecule has 0 bridgehead atoms. The van der Waals surface area contributed by atoms with Gasteiger partial charge in [-0.05, 0) is 32.0 Å². The number of carbonyl (C=O) groups excluding carboxylic acids is 5. The fourth-order valence-electron chi connectivity index (χ4n) is 2.67. The first-order valence-electron chi connectivity index (χ1n) is 10.5. The molecule has 1 saturated heterocycles. The van der Waals surface area contributed by atoms with E-state index in [0.717, 1.165) is 26.9 Å². The lowest BCUT2D eigenvalue weighted by molar-refractivity contribution is -0.151. The van der Waals surface area contributed by atoms with Crippen molar-refractivity contribution in [3.05, 3.63) is 0 Å². The summed E-state index contributed by atoms with van der Waals surface area (Å²) in [6.45, 7) is 7.77. The SMILES string of the molecule is CC(=O)OCOC(=O)N[C@@H](C(=O)OCCCN1CCOCC1)C(C)(C)SC(=O)OCOC(C)=O. The Hall–Kier alpha value is -2.58. The van der Waals surface area contributed by atoms with Crippen LogP contribution in [0.25, 0.3) is 0 Å². The van der Waals surface area contributed by atoms with Gasteiger partial charge in [0.2, 0.25) is 13.6 Å². The van der Waals surface area contributed by atoms with E-state index in [4.69, 9.17) is 18.9 Å². The van der Waals surface area contributed by atoms with Crippen molar-refractivity contribution in [2.24, 2.45) is 0 Å². The van der Waals surface area contributed by atoms with E-state index in [1.165, 1.54) is 13.8 Å². The van der Waals surface area contributed by atoms with Gasteiger partial charge in [0.1, 0.15) is 6.04 Å². The summed E-state index contributed by atoms with van der Waals surface area (Å²) in [5.74, 6) is -2.08. The third-order valence-corrected chi connectivity index (χ3v) is 5.44. The third kappa shape index (κ3) is 12.6. The number of hydrogen-bond donors (Lipinski definition) is 1. The van der Waals surface area contributed by atoms with Crippen molar-refractivity contribution < 1.29 is 52.4 Å². The molecular weight excluding hydrogens is 476 g/mol. The highest BCUT2D eigenvalue weighted by Crippen LogP contribution is 2.31. The predicted molar refractivity (Wildman–Crippen MR) is 118 cm³/mol. The maximum absolute atomic E-state index is 12.8. The van der Waals surface area contributed by atoms with Crippen LogP contribution in [0.3, 0.4) is 0 Å². The lowest BCUT2D eigenvalue weighted by atomic mass is 10.0. The van der Waals surface area contributed by atoms with Gasteiger partial charge < -0.3 is 33.7 Å². The summed E-state index contributed by atoms with van der Waals surface area (Å²) in [5.41, 5.74) is 0. The minimum absolute atomic E-state index is 0.0918. The number of esters is 3. The van der Waals surface area contributed by atoms with Crippen LogP contribution in [-0.4, -0.2) is 98.0 Å². The summed E-state index contributed by atoms with van der Waals surface area (Å²) >= 11 is 0.592. The monoisotopic (exact) mass is 508 g/mol. The molecule has 0 unspecified atom stereocenters. The normalized spacial score (nSPS) is 14.9. The molecule has 13 nitrogen and oxygen atoms in total. The van der Waals surface area contributed by atoms with Crippen molar-refractivity contribution in [2.45, 2.75) is 44.9 Å². The van der Waals surface area contributed by atoms with Gasteiger partial charge in [-0.2, -0.15) is 0 Å². The molecule has 1 fully saturated rings. The van der Waals surface area contributed by atoms with E-state index in [1.54, 1.807) is 0 Å². The van der Waals surface area contributed by atoms with Gasteiger partial charge in [-0.1, -0.05) is 0 Å². The summed E-state index contributed by atoms with van der Waals surface area (Å²) < 4.78 is 28.0. The van der Waals surface area contributed by atoms with Gasteiger partial charge in [-0.25, -0.2) is 14.4 Å². The number of rotatable bonds is 12. The highest BCUT2D eigenvalue weighted by molar-refractivity contribution is 8.14. The summed E-state index contributed by atoms with van der Waals surface area (Å²) in [7, 11) is 0. The van der Waals surface area contributed by atoms with Crippen LogP contribution in [0.2, 0.25) is 0 Å². The summed E-state index contributed by atoms with van der Waals surface area (Å²) in [5, 5.41) is 1.49.